The lowest BCUT2D eigenvalue weighted by Crippen LogP contribution is -2.15. The van der Waals surface area contributed by atoms with E-state index >= 15 is 0 Å². The number of hydrogen-bond acceptors (Lipinski definition) is 3. The Morgan fingerprint density at radius 2 is 1.80 bits per heavy atom. The molecule has 0 fully saturated rings. The van der Waals surface area contributed by atoms with Crippen molar-refractivity contribution in [2.24, 2.45) is 5.73 Å². The van der Waals surface area contributed by atoms with Gasteiger partial charge >= 0.3 is 0 Å². The number of aryl methyl sites for hydroxylation is 1. The van der Waals surface area contributed by atoms with E-state index < -0.39 is 0 Å². The van der Waals surface area contributed by atoms with Crippen LogP contribution < -0.4 is 15.2 Å². The number of hydrogen-bond donors (Lipinski definition) is 1. The summed E-state index contributed by atoms with van der Waals surface area (Å²) in [5.74, 6) is 1.66. The lowest BCUT2D eigenvalue weighted by molar-refractivity contribution is 0.397. The Hall–Kier alpha value is -2.00. The van der Waals surface area contributed by atoms with Gasteiger partial charge in [0.1, 0.15) is 11.5 Å². The molecule has 0 saturated heterocycles. The van der Waals surface area contributed by atoms with Crippen LogP contribution in [0.3, 0.4) is 0 Å². The third-order valence-electron chi connectivity index (χ3n) is 3.52. The molecule has 0 bridgehead atoms. The van der Waals surface area contributed by atoms with Crippen LogP contribution >= 0.6 is 0 Å². The first kappa shape index (κ1) is 14.4. The Bertz CT molecular complexity index is 581. The maximum atomic E-state index is 6.35. The summed E-state index contributed by atoms with van der Waals surface area (Å²) in [7, 11) is 3.33. The summed E-state index contributed by atoms with van der Waals surface area (Å²) in [6.45, 7) is 2.08. The molecule has 0 aromatic heterocycles. The molecule has 106 valence electrons. The second-order valence-corrected chi connectivity index (χ2v) is 4.84. The number of methoxy groups -OCH3 is 2. The van der Waals surface area contributed by atoms with Gasteiger partial charge in [-0.3, -0.25) is 0 Å². The Kier molecular flexibility index (Phi) is 4.64. The lowest BCUT2D eigenvalue weighted by Gasteiger charge is -2.17. The van der Waals surface area contributed by atoms with E-state index in [0.29, 0.717) is 6.42 Å². The number of rotatable bonds is 5. The minimum Gasteiger partial charge on any atom is -0.497 e. The van der Waals surface area contributed by atoms with Gasteiger partial charge < -0.3 is 15.2 Å². The molecule has 1 unspecified atom stereocenters. The van der Waals surface area contributed by atoms with Gasteiger partial charge in [0.2, 0.25) is 0 Å². The molecule has 2 aromatic carbocycles. The van der Waals surface area contributed by atoms with Crippen LogP contribution in [0.25, 0.3) is 0 Å². The summed E-state index contributed by atoms with van der Waals surface area (Å²) in [5.41, 5.74) is 9.78. The highest BCUT2D eigenvalue weighted by Crippen LogP contribution is 2.28. The van der Waals surface area contributed by atoms with Gasteiger partial charge in [0.25, 0.3) is 0 Å². The van der Waals surface area contributed by atoms with Crippen LogP contribution in [-0.4, -0.2) is 14.2 Å². The zero-order valence-corrected chi connectivity index (χ0v) is 12.2. The first-order valence-corrected chi connectivity index (χ1v) is 6.67. The van der Waals surface area contributed by atoms with E-state index in [-0.39, 0.29) is 6.04 Å². The summed E-state index contributed by atoms with van der Waals surface area (Å²) in [6, 6.07) is 13.9. The molecule has 2 rings (SSSR count). The van der Waals surface area contributed by atoms with Crippen LogP contribution in [0, 0.1) is 6.92 Å². The van der Waals surface area contributed by atoms with Gasteiger partial charge in [-0.2, -0.15) is 0 Å². The molecule has 2 N–H and O–H groups in total. The smallest absolute Gasteiger partial charge is 0.122 e. The second kappa shape index (κ2) is 6.44. The van der Waals surface area contributed by atoms with E-state index in [1.54, 1.807) is 14.2 Å². The molecule has 0 heterocycles. The normalized spacial score (nSPS) is 12.0. The van der Waals surface area contributed by atoms with Crippen LogP contribution in [-0.2, 0) is 6.42 Å². The van der Waals surface area contributed by atoms with Crippen molar-refractivity contribution in [3.63, 3.8) is 0 Å². The van der Waals surface area contributed by atoms with Crippen LogP contribution in [0.4, 0.5) is 0 Å². The quantitative estimate of drug-likeness (QED) is 0.908. The molecule has 1 atom stereocenters. The fraction of sp³-hybridized carbons (Fsp3) is 0.294. The van der Waals surface area contributed by atoms with E-state index in [9.17, 15) is 0 Å². The minimum atomic E-state index is -0.0581. The Balaban J connectivity index is 2.27. The highest BCUT2D eigenvalue weighted by molar-refractivity contribution is 5.42. The van der Waals surface area contributed by atoms with Crippen LogP contribution in [0.1, 0.15) is 22.7 Å². The zero-order valence-electron chi connectivity index (χ0n) is 12.2. The summed E-state index contributed by atoms with van der Waals surface area (Å²) in [5, 5.41) is 0. The minimum absolute atomic E-state index is 0.0581. The van der Waals surface area contributed by atoms with Gasteiger partial charge in [-0.05, 0) is 48.2 Å². The average molecular weight is 271 g/mol. The van der Waals surface area contributed by atoms with Gasteiger partial charge in [-0.15, -0.1) is 0 Å². The molecule has 0 radical (unpaired) electrons. The van der Waals surface area contributed by atoms with Gasteiger partial charge in [-0.25, -0.2) is 0 Å². The van der Waals surface area contributed by atoms with Gasteiger partial charge in [0.05, 0.1) is 14.2 Å². The first-order chi connectivity index (χ1) is 9.65. The standard InChI is InChI=1S/C17H21NO2/c1-12-6-4-5-7-15(12)16(18)11-13-10-14(19-2)8-9-17(13)20-3/h4-10,16H,11,18H2,1-3H3. The topological polar surface area (TPSA) is 44.5 Å². The molecule has 3 nitrogen and oxygen atoms in total. The molecule has 0 spiro atoms. The van der Waals surface area contributed by atoms with Crippen LogP contribution in [0.15, 0.2) is 42.5 Å². The van der Waals surface area contributed by atoms with Crippen molar-refractivity contribution in [2.45, 2.75) is 19.4 Å². The first-order valence-electron chi connectivity index (χ1n) is 6.67. The second-order valence-electron chi connectivity index (χ2n) is 4.84. The third-order valence-corrected chi connectivity index (χ3v) is 3.52. The van der Waals surface area contributed by atoms with Crippen molar-refractivity contribution in [2.75, 3.05) is 14.2 Å². The Morgan fingerprint density at radius 1 is 1.05 bits per heavy atom. The van der Waals surface area contributed by atoms with Crippen molar-refractivity contribution >= 4 is 0 Å². The van der Waals surface area contributed by atoms with Crippen molar-refractivity contribution in [3.8, 4) is 11.5 Å². The summed E-state index contributed by atoms with van der Waals surface area (Å²) in [6.07, 6.45) is 0.714. The van der Waals surface area contributed by atoms with E-state index in [1.807, 2.05) is 30.3 Å². The molecule has 0 aliphatic heterocycles. The Labute approximate surface area is 120 Å². The van der Waals surface area contributed by atoms with E-state index in [2.05, 4.69) is 19.1 Å². The molecule has 0 saturated carbocycles. The fourth-order valence-electron chi connectivity index (χ4n) is 2.39. The maximum Gasteiger partial charge on any atom is 0.122 e. The van der Waals surface area contributed by atoms with E-state index in [0.717, 1.165) is 22.6 Å². The SMILES string of the molecule is COc1ccc(OC)c(CC(N)c2ccccc2C)c1. The monoisotopic (exact) mass is 271 g/mol. The van der Waals surface area contributed by atoms with Crippen molar-refractivity contribution < 1.29 is 9.47 Å². The van der Waals surface area contributed by atoms with Gasteiger partial charge in [0.15, 0.2) is 0 Å². The number of benzene rings is 2. The van der Waals surface area contributed by atoms with E-state index in [4.69, 9.17) is 15.2 Å². The largest absolute Gasteiger partial charge is 0.497 e. The molecular weight excluding hydrogens is 250 g/mol. The molecule has 3 heteroatoms. The van der Waals surface area contributed by atoms with Crippen molar-refractivity contribution in [3.05, 3.63) is 59.2 Å². The number of ether oxygens (including phenoxy) is 2. The molecule has 0 amide bonds. The highest BCUT2D eigenvalue weighted by Gasteiger charge is 2.13. The average Bonchev–Trinajstić information content (AvgIpc) is 2.47. The molecule has 20 heavy (non-hydrogen) atoms. The van der Waals surface area contributed by atoms with Crippen LogP contribution in [0.5, 0.6) is 11.5 Å². The summed E-state index contributed by atoms with van der Waals surface area (Å²) in [4.78, 5) is 0. The molecular formula is C17H21NO2. The molecule has 2 aromatic rings. The number of nitrogens with two attached hydrogens (primary N) is 1. The Morgan fingerprint density at radius 3 is 2.45 bits per heavy atom. The zero-order chi connectivity index (χ0) is 14.5. The third kappa shape index (κ3) is 3.11. The maximum absolute atomic E-state index is 6.35. The lowest BCUT2D eigenvalue weighted by atomic mass is 9.95. The van der Waals surface area contributed by atoms with E-state index in [1.165, 1.54) is 5.56 Å². The fourth-order valence-corrected chi connectivity index (χ4v) is 2.39. The van der Waals surface area contributed by atoms with Crippen LogP contribution in [0.2, 0.25) is 0 Å². The molecule has 0 aliphatic rings. The predicted molar refractivity (Wildman–Crippen MR) is 81.4 cm³/mol. The van der Waals surface area contributed by atoms with Crippen molar-refractivity contribution in [1.29, 1.82) is 0 Å². The summed E-state index contributed by atoms with van der Waals surface area (Å²) < 4.78 is 10.7. The predicted octanol–water partition coefficient (Wildman–Crippen LogP) is 3.25. The van der Waals surface area contributed by atoms with Gasteiger partial charge in [-0.1, -0.05) is 24.3 Å². The summed E-state index contributed by atoms with van der Waals surface area (Å²) >= 11 is 0. The van der Waals surface area contributed by atoms with Gasteiger partial charge in [0, 0.05) is 6.04 Å². The molecule has 0 aliphatic carbocycles. The van der Waals surface area contributed by atoms with Crippen molar-refractivity contribution in [1.82, 2.24) is 0 Å². The highest BCUT2D eigenvalue weighted by atomic mass is 16.5.